The molecule has 2 amide bonds. The fourth-order valence-corrected chi connectivity index (χ4v) is 3.41. The molecule has 0 aliphatic heterocycles. The second-order valence-corrected chi connectivity index (χ2v) is 7.83. The van der Waals surface area contributed by atoms with Crippen LogP contribution < -0.4 is 10.6 Å². The summed E-state index contributed by atoms with van der Waals surface area (Å²) in [4.78, 5) is 36.9. The van der Waals surface area contributed by atoms with Crippen LogP contribution in [0.15, 0.2) is 91.1 Å². The number of ether oxygens (including phenoxy) is 1. The highest BCUT2D eigenvalue weighted by atomic mass is 16.5. The SMILES string of the molecule is CC(=O)Nc1ccc(NC(=O)[C@@H](C)OC(=O)c2cn(-c3ccccc3)nc2-c2ccccc2)cc1. The summed E-state index contributed by atoms with van der Waals surface area (Å²) >= 11 is 0. The second kappa shape index (κ2) is 10.5. The van der Waals surface area contributed by atoms with Gasteiger partial charge in [-0.3, -0.25) is 9.59 Å². The van der Waals surface area contributed by atoms with Crippen LogP contribution in [-0.2, 0) is 14.3 Å². The molecule has 2 N–H and O–H groups in total. The Morgan fingerprint density at radius 2 is 1.40 bits per heavy atom. The lowest BCUT2D eigenvalue weighted by Gasteiger charge is -2.14. The number of nitrogens with one attached hydrogen (secondary N) is 2. The molecule has 0 spiro atoms. The van der Waals surface area contributed by atoms with Crippen LogP contribution in [0.4, 0.5) is 11.4 Å². The summed E-state index contributed by atoms with van der Waals surface area (Å²) < 4.78 is 7.11. The molecule has 0 fully saturated rings. The van der Waals surface area contributed by atoms with E-state index in [0.29, 0.717) is 17.1 Å². The van der Waals surface area contributed by atoms with E-state index in [0.717, 1.165) is 11.3 Å². The molecule has 8 nitrogen and oxygen atoms in total. The number of aromatic nitrogens is 2. The first-order valence-corrected chi connectivity index (χ1v) is 11.0. The number of amides is 2. The van der Waals surface area contributed by atoms with Crippen molar-refractivity contribution in [2.45, 2.75) is 20.0 Å². The van der Waals surface area contributed by atoms with Crippen molar-refractivity contribution in [1.29, 1.82) is 0 Å². The molecular formula is C27H24N4O4. The lowest BCUT2D eigenvalue weighted by molar-refractivity contribution is -0.123. The van der Waals surface area contributed by atoms with Crippen molar-refractivity contribution in [3.63, 3.8) is 0 Å². The van der Waals surface area contributed by atoms with Gasteiger partial charge < -0.3 is 15.4 Å². The molecule has 0 bridgehead atoms. The highest BCUT2D eigenvalue weighted by Crippen LogP contribution is 2.25. The van der Waals surface area contributed by atoms with E-state index in [1.54, 1.807) is 35.1 Å². The number of hydrogen-bond acceptors (Lipinski definition) is 5. The van der Waals surface area contributed by atoms with E-state index in [2.05, 4.69) is 15.7 Å². The van der Waals surface area contributed by atoms with Gasteiger partial charge in [-0.1, -0.05) is 48.5 Å². The van der Waals surface area contributed by atoms with Crippen molar-refractivity contribution >= 4 is 29.2 Å². The van der Waals surface area contributed by atoms with Crippen LogP contribution in [0, 0.1) is 0 Å². The number of carbonyl (C=O) groups excluding carboxylic acids is 3. The van der Waals surface area contributed by atoms with Gasteiger partial charge in [0.2, 0.25) is 5.91 Å². The number of anilines is 2. The van der Waals surface area contributed by atoms with Crippen molar-refractivity contribution < 1.29 is 19.1 Å². The zero-order chi connectivity index (χ0) is 24.8. The van der Waals surface area contributed by atoms with Crippen molar-refractivity contribution in [2.75, 3.05) is 10.6 Å². The topological polar surface area (TPSA) is 102 Å². The summed E-state index contributed by atoms with van der Waals surface area (Å²) in [6, 6.07) is 25.4. The number of esters is 1. The third kappa shape index (κ3) is 5.80. The van der Waals surface area contributed by atoms with E-state index >= 15 is 0 Å². The first kappa shape index (κ1) is 23.4. The molecule has 1 atom stereocenters. The van der Waals surface area contributed by atoms with Gasteiger partial charge in [-0.15, -0.1) is 0 Å². The van der Waals surface area contributed by atoms with E-state index in [1.807, 2.05) is 60.7 Å². The van der Waals surface area contributed by atoms with E-state index in [-0.39, 0.29) is 11.5 Å². The molecule has 1 aromatic heterocycles. The summed E-state index contributed by atoms with van der Waals surface area (Å²) in [5.74, 6) is -1.33. The second-order valence-electron chi connectivity index (χ2n) is 7.83. The molecule has 4 aromatic rings. The first-order valence-electron chi connectivity index (χ1n) is 11.0. The lowest BCUT2D eigenvalue weighted by Crippen LogP contribution is -2.30. The van der Waals surface area contributed by atoms with Gasteiger partial charge in [-0.2, -0.15) is 5.10 Å². The number of nitrogens with zero attached hydrogens (tertiary/aromatic N) is 2. The average Bonchev–Trinajstić information content (AvgIpc) is 3.32. The molecule has 176 valence electrons. The quantitative estimate of drug-likeness (QED) is 0.384. The smallest absolute Gasteiger partial charge is 0.342 e. The molecule has 0 saturated carbocycles. The lowest BCUT2D eigenvalue weighted by atomic mass is 10.1. The van der Waals surface area contributed by atoms with Crippen LogP contribution >= 0.6 is 0 Å². The van der Waals surface area contributed by atoms with Gasteiger partial charge in [-0.25, -0.2) is 9.48 Å². The van der Waals surface area contributed by atoms with Gasteiger partial charge in [0.1, 0.15) is 11.3 Å². The minimum atomic E-state index is -1.05. The highest BCUT2D eigenvalue weighted by molar-refractivity contribution is 6.00. The van der Waals surface area contributed by atoms with Crippen molar-refractivity contribution in [1.82, 2.24) is 9.78 Å². The van der Waals surface area contributed by atoms with Crippen LogP contribution in [0.1, 0.15) is 24.2 Å². The van der Waals surface area contributed by atoms with Crippen LogP contribution in [0.25, 0.3) is 16.9 Å². The molecule has 0 unspecified atom stereocenters. The van der Waals surface area contributed by atoms with Gasteiger partial charge >= 0.3 is 5.97 Å². The number of benzene rings is 3. The molecule has 35 heavy (non-hydrogen) atoms. The third-order valence-electron chi connectivity index (χ3n) is 5.13. The Bertz CT molecular complexity index is 1330. The predicted molar refractivity (Wildman–Crippen MR) is 133 cm³/mol. The normalized spacial score (nSPS) is 11.4. The van der Waals surface area contributed by atoms with Crippen LogP contribution in [0.2, 0.25) is 0 Å². The molecule has 1 heterocycles. The Balaban J connectivity index is 1.51. The van der Waals surface area contributed by atoms with Crippen LogP contribution in [0.5, 0.6) is 0 Å². The summed E-state index contributed by atoms with van der Waals surface area (Å²) in [6.45, 7) is 2.92. The molecule has 3 aromatic carbocycles. The van der Waals surface area contributed by atoms with E-state index < -0.39 is 18.0 Å². The largest absolute Gasteiger partial charge is 0.449 e. The Morgan fingerprint density at radius 3 is 2.00 bits per heavy atom. The van der Waals surface area contributed by atoms with Crippen LogP contribution in [0.3, 0.4) is 0 Å². The maximum absolute atomic E-state index is 13.1. The van der Waals surface area contributed by atoms with E-state index in [4.69, 9.17) is 4.74 Å². The number of hydrogen-bond donors (Lipinski definition) is 2. The maximum atomic E-state index is 13.1. The fourth-order valence-electron chi connectivity index (χ4n) is 3.41. The Morgan fingerprint density at radius 1 is 0.829 bits per heavy atom. The number of para-hydroxylation sites is 1. The molecule has 0 saturated heterocycles. The number of rotatable bonds is 7. The first-order chi connectivity index (χ1) is 16.9. The molecular weight excluding hydrogens is 444 g/mol. The van der Waals surface area contributed by atoms with Gasteiger partial charge in [0.25, 0.3) is 5.91 Å². The predicted octanol–water partition coefficient (Wildman–Crippen LogP) is 4.68. The highest BCUT2D eigenvalue weighted by Gasteiger charge is 2.24. The summed E-state index contributed by atoms with van der Waals surface area (Å²) in [7, 11) is 0. The Labute approximate surface area is 202 Å². The molecule has 0 radical (unpaired) electrons. The Hall–Kier alpha value is -4.72. The zero-order valence-electron chi connectivity index (χ0n) is 19.3. The van der Waals surface area contributed by atoms with Gasteiger partial charge in [0.15, 0.2) is 6.10 Å². The van der Waals surface area contributed by atoms with E-state index in [1.165, 1.54) is 13.8 Å². The van der Waals surface area contributed by atoms with E-state index in [9.17, 15) is 14.4 Å². The van der Waals surface area contributed by atoms with Gasteiger partial charge in [-0.05, 0) is 43.3 Å². The maximum Gasteiger partial charge on any atom is 0.342 e. The summed E-state index contributed by atoms with van der Waals surface area (Å²) in [5.41, 5.74) is 3.37. The molecule has 4 rings (SSSR count). The third-order valence-corrected chi connectivity index (χ3v) is 5.13. The number of carbonyl (C=O) groups is 3. The van der Waals surface area contributed by atoms with Crippen molar-refractivity contribution in [2.24, 2.45) is 0 Å². The monoisotopic (exact) mass is 468 g/mol. The zero-order valence-corrected chi connectivity index (χ0v) is 19.3. The summed E-state index contributed by atoms with van der Waals surface area (Å²) in [5, 5.41) is 9.97. The molecule has 0 aliphatic rings. The standard InChI is InChI=1S/C27H24N4O4/c1-18(26(33)29-22-15-13-21(14-16-22)28-19(2)32)35-27(34)24-17-31(23-11-7-4-8-12-23)30-25(24)20-9-5-3-6-10-20/h3-18H,1-2H3,(H,28,32)(H,29,33)/t18-/m1/s1. The Kier molecular flexibility index (Phi) is 7.02. The average molecular weight is 469 g/mol. The van der Waals surface area contributed by atoms with Crippen molar-refractivity contribution in [3.8, 4) is 16.9 Å². The van der Waals surface area contributed by atoms with Crippen LogP contribution in [-0.4, -0.2) is 33.7 Å². The fraction of sp³-hybridized carbons (Fsp3) is 0.111. The molecule has 0 aliphatic carbocycles. The molecule has 8 heteroatoms. The van der Waals surface area contributed by atoms with Crippen molar-refractivity contribution in [3.05, 3.63) is 96.7 Å². The minimum Gasteiger partial charge on any atom is -0.449 e. The van der Waals surface area contributed by atoms with Gasteiger partial charge in [0, 0.05) is 30.1 Å². The minimum absolute atomic E-state index is 0.187. The van der Waals surface area contributed by atoms with Gasteiger partial charge in [0.05, 0.1) is 5.69 Å². The summed E-state index contributed by atoms with van der Waals surface area (Å²) in [6.07, 6.45) is 0.548.